The van der Waals surface area contributed by atoms with Crippen molar-refractivity contribution < 1.29 is 14.6 Å². The highest BCUT2D eigenvalue weighted by Gasteiger charge is 2.41. The topological polar surface area (TPSA) is 46.5 Å². The smallest absolute Gasteiger partial charge is 0.308 e. The number of esters is 1. The summed E-state index contributed by atoms with van der Waals surface area (Å²) in [7, 11) is 0. The van der Waals surface area contributed by atoms with Gasteiger partial charge < -0.3 is 9.84 Å². The molecular weight excluding hydrogens is 192 g/mol. The molecule has 0 aliphatic heterocycles. The lowest BCUT2D eigenvalue weighted by Crippen LogP contribution is -2.44. The first-order valence-electron chi connectivity index (χ1n) is 5.87. The van der Waals surface area contributed by atoms with Crippen molar-refractivity contribution in [1.82, 2.24) is 0 Å². The van der Waals surface area contributed by atoms with Crippen LogP contribution < -0.4 is 0 Å². The fourth-order valence-electron chi connectivity index (χ4n) is 2.45. The zero-order chi connectivity index (χ0) is 11.5. The first kappa shape index (κ1) is 12.5. The molecule has 0 saturated heterocycles. The van der Waals surface area contributed by atoms with Crippen molar-refractivity contribution in [3.63, 3.8) is 0 Å². The summed E-state index contributed by atoms with van der Waals surface area (Å²) in [6, 6.07) is 0. The minimum atomic E-state index is -0.843. The van der Waals surface area contributed by atoms with Crippen molar-refractivity contribution in [2.24, 2.45) is 11.8 Å². The summed E-state index contributed by atoms with van der Waals surface area (Å²) in [5.41, 5.74) is -0.843. The molecule has 3 unspecified atom stereocenters. The third kappa shape index (κ3) is 2.94. The minimum Gasteiger partial charge on any atom is -0.466 e. The van der Waals surface area contributed by atoms with E-state index >= 15 is 0 Å². The predicted molar refractivity (Wildman–Crippen MR) is 58.4 cm³/mol. The summed E-state index contributed by atoms with van der Waals surface area (Å²) in [5, 5.41) is 10.4. The number of ether oxygens (including phenoxy) is 1. The van der Waals surface area contributed by atoms with Gasteiger partial charge in [-0.2, -0.15) is 0 Å². The molecule has 1 aliphatic carbocycles. The van der Waals surface area contributed by atoms with Gasteiger partial charge in [0.15, 0.2) is 0 Å². The van der Waals surface area contributed by atoms with Crippen LogP contribution in [0.15, 0.2) is 0 Å². The van der Waals surface area contributed by atoms with E-state index in [2.05, 4.69) is 6.92 Å². The molecule has 1 saturated carbocycles. The van der Waals surface area contributed by atoms with E-state index in [1.807, 2.05) is 6.92 Å². The van der Waals surface area contributed by atoms with Crippen LogP contribution in [0.2, 0.25) is 0 Å². The Morgan fingerprint density at radius 3 is 2.80 bits per heavy atom. The fraction of sp³-hybridized carbons (Fsp3) is 0.917. The van der Waals surface area contributed by atoms with E-state index in [9.17, 15) is 9.90 Å². The van der Waals surface area contributed by atoms with Crippen molar-refractivity contribution in [1.29, 1.82) is 0 Å². The molecule has 0 aromatic carbocycles. The third-order valence-electron chi connectivity index (χ3n) is 3.73. The summed E-state index contributed by atoms with van der Waals surface area (Å²) >= 11 is 0. The maximum atomic E-state index is 11.4. The third-order valence-corrected chi connectivity index (χ3v) is 3.73. The summed E-state index contributed by atoms with van der Waals surface area (Å²) in [6.07, 6.45) is 3.01. The van der Waals surface area contributed by atoms with Gasteiger partial charge in [-0.1, -0.05) is 26.7 Å². The Morgan fingerprint density at radius 2 is 2.20 bits per heavy atom. The number of aliphatic hydroxyl groups is 1. The van der Waals surface area contributed by atoms with Gasteiger partial charge in [0.25, 0.3) is 0 Å². The second-order valence-electron chi connectivity index (χ2n) is 4.74. The monoisotopic (exact) mass is 214 g/mol. The molecule has 3 nitrogen and oxygen atoms in total. The van der Waals surface area contributed by atoms with Crippen LogP contribution in [0.5, 0.6) is 0 Å². The molecule has 0 spiro atoms. The van der Waals surface area contributed by atoms with E-state index in [-0.39, 0.29) is 18.3 Å². The van der Waals surface area contributed by atoms with Gasteiger partial charge in [-0.05, 0) is 25.2 Å². The van der Waals surface area contributed by atoms with E-state index in [0.717, 1.165) is 19.3 Å². The van der Waals surface area contributed by atoms with E-state index in [1.54, 1.807) is 6.92 Å². The lowest BCUT2D eigenvalue weighted by molar-refractivity contribution is -0.154. The molecule has 0 radical (unpaired) electrons. The molecule has 1 N–H and O–H groups in total. The molecule has 3 heteroatoms. The molecule has 0 aromatic rings. The summed E-state index contributed by atoms with van der Waals surface area (Å²) in [5.74, 6) is 0.384. The highest BCUT2D eigenvalue weighted by atomic mass is 16.5. The second-order valence-corrected chi connectivity index (χ2v) is 4.74. The quantitative estimate of drug-likeness (QED) is 0.732. The van der Waals surface area contributed by atoms with Crippen LogP contribution in [0, 0.1) is 11.8 Å². The Balaban J connectivity index is 2.59. The number of hydrogen-bond acceptors (Lipinski definition) is 3. The van der Waals surface area contributed by atoms with Gasteiger partial charge in [-0.25, -0.2) is 0 Å². The van der Waals surface area contributed by atoms with Crippen molar-refractivity contribution in [3.05, 3.63) is 0 Å². The molecule has 88 valence electrons. The maximum Gasteiger partial charge on any atom is 0.308 e. The molecule has 0 aromatic heterocycles. The summed E-state index contributed by atoms with van der Waals surface area (Å²) in [6.45, 7) is 6.34. The lowest BCUT2D eigenvalue weighted by Gasteiger charge is -2.41. The molecule has 1 aliphatic rings. The molecular formula is C12H22O3. The highest BCUT2D eigenvalue weighted by Crippen LogP contribution is 2.39. The van der Waals surface area contributed by atoms with E-state index in [0.29, 0.717) is 12.5 Å². The molecule has 0 bridgehead atoms. The van der Waals surface area contributed by atoms with Crippen LogP contribution in [0.25, 0.3) is 0 Å². The molecule has 1 rings (SSSR count). The average Bonchev–Trinajstić information content (AvgIpc) is 2.14. The van der Waals surface area contributed by atoms with Crippen molar-refractivity contribution >= 4 is 5.97 Å². The van der Waals surface area contributed by atoms with Gasteiger partial charge in [0.2, 0.25) is 0 Å². The Bertz CT molecular complexity index is 227. The zero-order valence-corrected chi connectivity index (χ0v) is 9.95. The normalized spacial score (nSPS) is 36.3. The number of carbonyl (C=O) groups is 1. The van der Waals surface area contributed by atoms with Crippen LogP contribution in [-0.4, -0.2) is 23.3 Å². The van der Waals surface area contributed by atoms with Gasteiger partial charge in [-0.3, -0.25) is 4.79 Å². The van der Waals surface area contributed by atoms with Crippen molar-refractivity contribution in [2.75, 3.05) is 6.61 Å². The Labute approximate surface area is 91.8 Å². The minimum absolute atomic E-state index is 0.145. The summed E-state index contributed by atoms with van der Waals surface area (Å²) in [4.78, 5) is 11.4. The van der Waals surface area contributed by atoms with E-state index in [1.165, 1.54) is 0 Å². The first-order chi connectivity index (χ1) is 6.99. The molecule has 15 heavy (non-hydrogen) atoms. The maximum absolute atomic E-state index is 11.4. The first-order valence-corrected chi connectivity index (χ1v) is 5.87. The average molecular weight is 214 g/mol. The molecule has 0 amide bonds. The van der Waals surface area contributed by atoms with Gasteiger partial charge >= 0.3 is 5.97 Å². The van der Waals surface area contributed by atoms with Gasteiger partial charge in [-0.15, -0.1) is 0 Å². The van der Waals surface area contributed by atoms with Crippen LogP contribution >= 0.6 is 0 Å². The molecule has 3 atom stereocenters. The zero-order valence-electron chi connectivity index (χ0n) is 9.95. The van der Waals surface area contributed by atoms with Crippen molar-refractivity contribution in [3.8, 4) is 0 Å². The van der Waals surface area contributed by atoms with Gasteiger partial charge in [0, 0.05) is 0 Å². The van der Waals surface area contributed by atoms with E-state index in [4.69, 9.17) is 4.74 Å². The standard InChI is InChI=1S/C12H22O3/c1-4-15-11(13)8-12(14)7-5-6-9(2)10(12)3/h9-10,14H,4-8H2,1-3H3. The number of rotatable bonds is 3. The summed E-state index contributed by atoms with van der Waals surface area (Å²) < 4.78 is 4.89. The van der Waals surface area contributed by atoms with E-state index < -0.39 is 5.60 Å². The van der Waals surface area contributed by atoms with Crippen molar-refractivity contribution in [2.45, 2.75) is 52.1 Å². The number of hydrogen-bond donors (Lipinski definition) is 1. The Morgan fingerprint density at radius 1 is 1.53 bits per heavy atom. The Hall–Kier alpha value is -0.570. The number of carbonyl (C=O) groups excluding carboxylic acids is 1. The Kier molecular flexibility index (Phi) is 4.14. The van der Waals surface area contributed by atoms with Crippen LogP contribution in [0.1, 0.15) is 46.5 Å². The molecule has 1 fully saturated rings. The second kappa shape index (κ2) is 4.97. The van der Waals surface area contributed by atoms with Crippen LogP contribution in [0.3, 0.4) is 0 Å². The predicted octanol–water partition coefficient (Wildman–Crippen LogP) is 2.13. The lowest BCUT2D eigenvalue weighted by atomic mass is 9.69. The van der Waals surface area contributed by atoms with Gasteiger partial charge in [0.05, 0.1) is 18.6 Å². The molecule has 0 heterocycles. The highest BCUT2D eigenvalue weighted by molar-refractivity contribution is 5.70. The van der Waals surface area contributed by atoms with Crippen LogP contribution in [0.4, 0.5) is 0 Å². The SMILES string of the molecule is CCOC(=O)CC1(O)CCCC(C)C1C. The largest absolute Gasteiger partial charge is 0.466 e. The fourth-order valence-corrected chi connectivity index (χ4v) is 2.45. The van der Waals surface area contributed by atoms with Gasteiger partial charge in [0.1, 0.15) is 0 Å². The van der Waals surface area contributed by atoms with Crippen LogP contribution in [-0.2, 0) is 9.53 Å².